The third kappa shape index (κ3) is 4.09. The predicted octanol–water partition coefficient (Wildman–Crippen LogP) is 2.52. The van der Waals surface area contributed by atoms with Gasteiger partial charge < -0.3 is 15.3 Å². The minimum Gasteiger partial charge on any atom is -0.477 e. The van der Waals surface area contributed by atoms with E-state index in [1.54, 1.807) is 12.4 Å². The summed E-state index contributed by atoms with van der Waals surface area (Å²) in [7, 11) is 0. The second kappa shape index (κ2) is 8.32. The average molecular weight is 433 g/mol. The molecular formula is C13H16IN5O2S. The highest BCUT2D eigenvalue weighted by Crippen LogP contribution is 2.35. The molecule has 0 radical (unpaired) electrons. The van der Waals surface area contributed by atoms with Crippen LogP contribution in [0.1, 0.15) is 6.92 Å². The topological polar surface area (TPSA) is 90.7 Å². The Hall–Kier alpha value is -1.36. The van der Waals surface area contributed by atoms with Crippen molar-refractivity contribution in [2.45, 2.75) is 6.92 Å². The molecule has 0 saturated heterocycles. The van der Waals surface area contributed by atoms with Crippen molar-refractivity contribution in [1.82, 2.24) is 9.97 Å². The van der Waals surface area contributed by atoms with Crippen LogP contribution in [0.2, 0.25) is 0 Å². The largest absolute Gasteiger partial charge is 0.477 e. The van der Waals surface area contributed by atoms with Crippen LogP contribution in [0, 0.1) is 0 Å². The number of aliphatic carboxylic acids is 1. The molecule has 1 aromatic rings. The summed E-state index contributed by atoms with van der Waals surface area (Å²) >= 11 is 3.61. The monoisotopic (exact) mass is 433 g/mol. The molecule has 2 N–H and O–H groups in total. The van der Waals surface area contributed by atoms with Gasteiger partial charge >= 0.3 is 5.97 Å². The van der Waals surface area contributed by atoms with E-state index >= 15 is 0 Å². The standard InChI is InChI=1S/C13H16IN5O2S/c1-2-15-10-11(16-4-3-14)17-8-18-12(10)19-5-6-22-9(7-19)13(20)21/h2,7-8H,3-6H2,1H3,(H,20,21)(H,16,17,18). The van der Waals surface area contributed by atoms with Gasteiger partial charge in [-0.15, -0.1) is 11.8 Å². The van der Waals surface area contributed by atoms with Crippen LogP contribution in [0.25, 0.3) is 0 Å². The zero-order valence-electron chi connectivity index (χ0n) is 12.0. The van der Waals surface area contributed by atoms with Crippen LogP contribution in [0.5, 0.6) is 0 Å². The zero-order chi connectivity index (χ0) is 15.9. The molecule has 0 amide bonds. The Morgan fingerprint density at radius 1 is 1.64 bits per heavy atom. The first kappa shape index (κ1) is 17.0. The number of carboxylic acids is 1. The van der Waals surface area contributed by atoms with Gasteiger partial charge in [-0.3, -0.25) is 4.99 Å². The molecule has 2 rings (SSSR count). The van der Waals surface area contributed by atoms with Crippen LogP contribution in [0.3, 0.4) is 0 Å². The Morgan fingerprint density at radius 3 is 3.14 bits per heavy atom. The molecule has 0 aromatic carbocycles. The van der Waals surface area contributed by atoms with Crippen LogP contribution in [-0.4, -0.2) is 50.5 Å². The summed E-state index contributed by atoms with van der Waals surface area (Å²) in [5.74, 6) is 1.03. The van der Waals surface area contributed by atoms with Crippen molar-refractivity contribution in [1.29, 1.82) is 0 Å². The number of hydrogen-bond acceptors (Lipinski definition) is 7. The number of aromatic nitrogens is 2. The van der Waals surface area contributed by atoms with Gasteiger partial charge in [-0.2, -0.15) is 0 Å². The van der Waals surface area contributed by atoms with Crippen molar-refractivity contribution in [2.24, 2.45) is 4.99 Å². The van der Waals surface area contributed by atoms with Crippen molar-refractivity contribution < 1.29 is 9.90 Å². The summed E-state index contributed by atoms with van der Waals surface area (Å²) in [6, 6.07) is 0. The fourth-order valence-electron chi connectivity index (χ4n) is 1.90. The Kier molecular flexibility index (Phi) is 6.43. The first-order chi connectivity index (χ1) is 10.7. The lowest BCUT2D eigenvalue weighted by atomic mass is 10.3. The first-order valence-corrected chi connectivity index (χ1v) is 9.16. The highest BCUT2D eigenvalue weighted by molar-refractivity contribution is 14.1. The number of rotatable bonds is 6. The van der Waals surface area contributed by atoms with Crippen LogP contribution in [-0.2, 0) is 4.79 Å². The summed E-state index contributed by atoms with van der Waals surface area (Å²) < 4.78 is 0.940. The van der Waals surface area contributed by atoms with E-state index in [1.165, 1.54) is 18.1 Å². The molecule has 0 fully saturated rings. The maximum Gasteiger partial charge on any atom is 0.343 e. The van der Waals surface area contributed by atoms with E-state index in [2.05, 4.69) is 42.9 Å². The van der Waals surface area contributed by atoms with Gasteiger partial charge in [0, 0.05) is 35.7 Å². The van der Waals surface area contributed by atoms with Gasteiger partial charge in [0.15, 0.2) is 11.6 Å². The van der Waals surface area contributed by atoms with E-state index in [1.807, 2.05) is 11.8 Å². The smallest absolute Gasteiger partial charge is 0.343 e. The highest BCUT2D eigenvalue weighted by Gasteiger charge is 2.21. The van der Waals surface area contributed by atoms with Gasteiger partial charge in [0.05, 0.1) is 0 Å². The number of thioether (sulfide) groups is 1. The lowest BCUT2D eigenvalue weighted by Crippen LogP contribution is -2.26. The summed E-state index contributed by atoms with van der Waals surface area (Å²) in [5, 5.41) is 12.4. The van der Waals surface area contributed by atoms with E-state index in [-0.39, 0.29) is 0 Å². The van der Waals surface area contributed by atoms with Crippen molar-refractivity contribution in [3.05, 3.63) is 17.4 Å². The van der Waals surface area contributed by atoms with E-state index in [0.29, 0.717) is 34.5 Å². The molecule has 0 saturated carbocycles. The molecule has 9 heteroatoms. The Morgan fingerprint density at radius 2 is 2.45 bits per heavy atom. The SMILES string of the molecule is CC=Nc1c(NCCI)ncnc1N1C=C(C(=O)O)SCC1. The fraction of sp³-hybridized carbons (Fsp3) is 0.385. The van der Waals surface area contributed by atoms with Crippen molar-refractivity contribution >= 4 is 63.9 Å². The summed E-state index contributed by atoms with van der Waals surface area (Å²) in [6.07, 6.45) is 4.75. The number of nitrogens with one attached hydrogen (secondary N) is 1. The normalized spacial score (nSPS) is 15.0. The van der Waals surface area contributed by atoms with Crippen LogP contribution in [0.15, 0.2) is 22.4 Å². The molecule has 22 heavy (non-hydrogen) atoms. The Labute approximate surface area is 146 Å². The van der Waals surface area contributed by atoms with Crippen LogP contribution in [0.4, 0.5) is 17.3 Å². The van der Waals surface area contributed by atoms with Crippen LogP contribution < -0.4 is 10.2 Å². The average Bonchev–Trinajstić information content (AvgIpc) is 2.54. The first-order valence-electron chi connectivity index (χ1n) is 6.65. The fourth-order valence-corrected chi connectivity index (χ4v) is 3.01. The van der Waals surface area contributed by atoms with Gasteiger partial charge in [-0.1, -0.05) is 22.6 Å². The molecule has 7 nitrogen and oxygen atoms in total. The number of anilines is 2. The molecule has 0 spiro atoms. The summed E-state index contributed by atoms with van der Waals surface area (Å²) in [4.78, 5) is 26.2. The number of hydrogen-bond donors (Lipinski definition) is 2. The van der Waals surface area contributed by atoms with Crippen molar-refractivity contribution in [2.75, 3.05) is 33.5 Å². The molecule has 1 aliphatic rings. The van der Waals surface area contributed by atoms with Gasteiger partial charge in [0.2, 0.25) is 0 Å². The third-order valence-electron chi connectivity index (χ3n) is 2.79. The molecule has 2 heterocycles. The van der Waals surface area contributed by atoms with E-state index in [9.17, 15) is 4.79 Å². The Balaban J connectivity index is 2.41. The van der Waals surface area contributed by atoms with Gasteiger partial charge in [-0.05, 0) is 6.92 Å². The van der Waals surface area contributed by atoms with Crippen molar-refractivity contribution in [3.8, 4) is 0 Å². The molecule has 118 valence electrons. The number of carboxylic acid groups (broad SMARTS) is 1. The number of aliphatic imine (C=N–C) groups is 1. The molecule has 1 aliphatic heterocycles. The quantitative estimate of drug-likeness (QED) is 0.405. The maximum absolute atomic E-state index is 11.2. The number of halogens is 1. The van der Waals surface area contributed by atoms with Gasteiger partial charge in [0.1, 0.15) is 16.9 Å². The van der Waals surface area contributed by atoms with E-state index < -0.39 is 5.97 Å². The van der Waals surface area contributed by atoms with E-state index in [0.717, 1.165) is 11.0 Å². The lowest BCUT2D eigenvalue weighted by molar-refractivity contribution is -0.131. The van der Waals surface area contributed by atoms with Crippen molar-refractivity contribution in [3.63, 3.8) is 0 Å². The molecule has 0 aliphatic carbocycles. The molecule has 1 aromatic heterocycles. The molecule has 0 atom stereocenters. The molecule has 0 unspecified atom stereocenters. The molecular weight excluding hydrogens is 417 g/mol. The summed E-state index contributed by atoms with van der Waals surface area (Å²) in [5.41, 5.74) is 0.628. The zero-order valence-corrected chi connectivity index (χ0v) is 15.0. The Bertz CT molecular complexity index is 608. The second-order valence-electron chi connectivity index (χ2n) is 4.24. The number of alkyl halides is 1. The van der Waals surface area contributed by atoms with Crippen LogP contribution >= 0.6 is 34.4 Å². The maximum atomic E-state index is 11.2. The third-order valence-corrected chi connectivity index (χ3v) is 4.31. The number of nitrogens with zero attached hydrogens (tertiary/aromatic N) is 4. The van der Waals surface area contributed by atoms with Gasteiger partial charge in [0.25, 0.3) is 0 Å². The molecule has 0 bridgehead atoms. The summed E-state index contributed by atoms with van der Waals surface area (Å²) in [6.45, 7) is 3.27. The predicted molar refractivity (Wildman–Crippen MR) is 98.8 cm³/mol. The lowest BCUT2D eigenvalue weighted by Gasteiger charge is -2.25. The minimum atomic E-state index is -0.924. The minimum absolute atomic E-state index is 0.304. The van der Waals surface area contributed by atoms with Gasteiger partial charge in [-0.25, -0.2) is 14.8 Å². The number of carbonyl (C=O) groups is 1. The highest BCUT2D eigenvalue weighted by atomic mass is 127. The second-order valence-corrected chi connectivity index (χ2v) is 6.45. The van der Waals surface area contributed by atoms with E-state index in [4.69, 9.17) is 5.11 Å².